The monoisotopic (exact) mass is 300 g/mol. The minimum Gasteiger partial charge on any atom is -0.351 e. The first-order chi connectivity index (χ1) is 10.6. The molecule has 2 aromatic rings. The van der Waals surface area contributed by atoms with Gasteiger partial charge in [-0.25, -0.2) is 4.39 Å². The van der Waals surface area contributed by atoms with Crippen LogP contribution in [0.4, 0.5) is 4.39 Å². The van der Waals surface area contributed by atoms with Crippen molar-refractivity contribution >= 4 is 5.91 Å². The molecule has 0 aromatic heterocycles. The molecular formula is C18H21FN2O. The van der Waals surface area contributed by atoms with Gasteiger partial charge in [-0.05, 0) is 37.2 Å². The van der Waals surface area contributed by atoms with Crippen LogP contribution in [-0.4, -0.2) is 23.9 Å². The van der Waals surface area contributed by atoms with Crippen molar-refractivity contribution in [3.63, 3.8) is 0 Å². The number of carbonyl (C=O) groups excluding carboxylic acids is 1. The molecule has 0 heterocycles. The van der Waals surface area contributed by atoms with E-state index in [2.05, 4.69) is 5.32 Å². The summed E-state index contributed by atoms with van der Waals surface area (Å²) in [6.07, 6.45) is 0. The number of benzene rings is 2. The highest BCUT2D eigenvalue weighted by atomic mass is 19.1. The van der Waals surface area contributed by atoms with E-state index in [9.17, 15) is 9.18 Å². The third kappa shape index (κ3) is 4.67. The molecule has 0 radical (unpaired) electrons. The van der Waals surface area contributed by atoms with E-state index in [4.69, 9.17) is 0 Å². The average molecular weight is 300 g/mol. The minimum atomic E-state index is -0.256. The van der Waals surface area contributed by atoms with E-state index in [1.807, 2.05) is 49.2 Å². The second-order valence-electron chi connectivity index (χ2n) is 5.42. The number of hydrogen-bond acceptors (Lipinski definition) is 2. The topological polar surface area (TPSA) is 32.3 Å². The summed E-state index contributed by atoms with van der Waals surface area (Å²) in [6.45, 7) is 2.98. The highest BCUT2D eigenvalue weighted by Crippen LogP contribution is 2.08. The number of nitrogens with one attached hydrogen (secondary N) is 1. The molecule has 1 atom stereocenters. The lowest BCUT2D eigenvalue weighted by molar-refractivity contribution is -0.125. The number of amides is 1. The summed E-state index contributed by atoms with van der Waals surface area (Å²) >= 11 is 0. The van der Waals surface area contributed by atoms with Crippen LogP contribution in [-0.2, 0) is 17.9 Å². The van der Waals surface area contributed by atoms with Crippen LogP contribution in [0.15, 0.2) is 54.6 Å². The van der Waals surface area contributed by atoms with Crippen LogP contribution < -0.4 is 5.32 Å². The number of likely N-dealkylation sites (N-methyl/N-ethyl adjacent to an activating group) is 1. The maximum Gasteiger partial charge on any atom is 0.237 e. The van der Waals surface area contributed by atoms with Crippen molar-refractivity contribution in [3.05, 3.63) is 71.5 Å². The molecule has 0 saturated heterocycles. The Morgan fingerprint density at radius 1 is 1.09 bits per heavy atom. The van der Waals surface area contributed by atoms with Crippen LogP contribution in [0.5, 0.6) is 0 Å². The molecule has 0 fully saturated rings. The summed E-state index contributed by atoms with van der Waals surface area (Å²) in [7, 11) is 1.89. The van der Waals surface area contributed by atoms with Crippen molar-refractivity contribution in [3.8, 4) is 0 Å². The van der Waals surface area contributed by atoms with Gasteiger partial charge in [-0.3, -0.25) is 9.69 Å². The van der Waals surface area contributed by atoms with Gasteiger partial charge < -0.3 is 5.32 Å². The van der Waals surface area contributed by atoms with Gasteiger partial charge in [0.25, 0.3) is 0 Å². The molecule has 1 N–H and O–H groups in total. The van der Waals surface area contributed by atoms with Gasteiger partial charge in [0.05, 0.1) is 6.04 Å². The Hall–Kier alpha value is -2.20. The first kappa shape index (κ1) is 16.2. The molecule has 0 aliphatic carbocycles. The van der Waals surface area contributed by atoms with Crippen molar-refractivity contribution in [2.75, 3.05) is 7.05 Å². The van der Waals surface area contributed by atoms with E-state index in [0.29, 0.717) is 13.1 Å². The standard InChI is InChI=1S/C18H21FN2O/c1-14(18(22)20-12-15-6-4-3-5-7-15)21(2)13-16-8-10-17(19)11-9-16/h3-11,14H,12-13H2,1-2H3,(H,20,22)/t14-/m0/s1. The lowest BCUT2D eigenvalue weighted by atomic mass is 10.1. The summed E-state index contributed by atoms with van der Waals surface area (Å²) < 4.78 is 12.9. The van der Waals surface area contributed by atoms with Crippen molar-refractivity contribution in [1.82, 2.24) is 10.2 Å². The predicted molar refractivity (Wildman–Crippen MR) is 85.6 cm³/mol. The van der Waals surface area contributed by atoms with Crippen molar-refractivity contribution in [2.45, 2.75) is 26.1 Å². The summed E-state index contributed by atoms with van der Waals surface area (Å²) in [4.78, 5) is 14.1. The third-order valence-corrected chi connectivity index (χ3v) is 3.70. The molecule has 0 spiro atoms. The quantitative estimate of drug-likeness (QED) is 0.889. The predicted octanol–water partition coefficient (Wildman–Crippen LogP) is 2.96. The Balaban J connectivity index is 1.85. The largest absolute Gasteiger partial charge is 0.351 e. The fourth-order valence-corrected chi connectivity index (χ4v) is 2.15. The summed E-state index contributed by atoms with van der Waals surface area (Å²) in [5.41, 5.74) is 2.05. The molecule has 22 heavy (non-hydrogen) atoms. The smallest absolute Gasteiger partial charge is 0.237 e. The molecule has 1 amide bonds. The maximum absolute atomic E-state index is 12.9. The van der Waals surface area contributed by atoms with Gasteiger partial charge in [0.2, 0.25) is 5.91 Å². The van der Waals surface area contributed by atoms with Gasteiger partial charge in [-0.2, -0.15) is 0 Å². The maximum atomic E-state index is 12.9. The van der Waals surface area contributed by atoms with Crippen molar-refractivity contribution in [1.29, 1.82) is 0 Å². The van der Waals surface area contributed by atoms with E-state index in [-0.39, 0.29) is 17.8 Å². The zero-order valence-corrected chi connectivity index (χ0v) is 12.9. The van der Waals surface area contributed by atoms with Gasteiger partial charge in [0, 0.05) is 13.1 Å². The molecule has 4 heteroatoms. The van der Waals surface area contributed by atoms with Crippen LogP contribution in [0.1, 0.15) is 18.1 Å². The Labute approximate surface area is 130 Å². The van der Waals surface area contributed by atoms with Crippen LogP contribution in [0.25, 0.3) is 0 Å². The van der Waals surface area contributed by atoms with E-state index < -0.39 is 0 Å². The van der Waals surface area contributed by atoms with Crippen LogP contribution >= 0.6 is 0 Å². The number of hydrogen-bond donors (Lipinski definition) is 1. The molecule has 116 valence electrons. The summed E-state index contributed by atoms with van der Waals surface area (Å²) in [5, 5.41) is 2.93. The first-order valence-corrected chi connectivity index (χ1v) is 7.32. The molecule has 2 aromatic carbocycles. The third-order valence-electron chi connectivity index (χ3n) is 3.70. The molecule has 0 aliphatic rings. The van der Waals surface area contributed by atoms with E-state index in [1.165, 1.54) is 12.1 Å². The van der Waals surface area contributed by atoms with Gasteiger partial charge in [0.15, 0.2) is 0 Å². The second-order valence-corrected chi connectivity index (χ2v) is 5.42. The van der Waals surface area contributed by atoms with Crippen LogP contribution in [0, 0.1) is 5.82 Å². The van der Waals surface area contributed by atoms with Crippen LogP contribution in [0.2, 0.25) is 0 Å². The fraction of sp³-hybridized carbons (Fsp3) is 0.278. The molecule has 2 rings (SSSR count). The normalized spacial score (nSPS) is 12.2. The first-order valence-electron chi connectivity index (χ1n) is 7.32. The SMILES string of the molecule is C[C@@H](C(=O)NCc1ccccc1)N(C)Cc1ccc(F)cc1. The number of halogens is 1. The average Bonchev–Trinajstić information content (AvgIpc) is 2.55. The Kier molecular flexibility index (Phi) is 5.67. The lowest BCUT2D eigenvalue weighted by Gasteiger charge is -2.24. The summed E-state index contributed by atoms with van der Waals surface area (Å²) in [5.74, 6) is -0.270. The Bertz CT molecular complexity index is 598. The zero-order chi connectivity index (χ0) is 15.9. The summed E-state index contributed by atoms with van der Waals surface area (Å²) in [6, 6.07) is 15.9. The lowest BCUT2D eigenvalue weighted by Crippen LogP contribution is -2.42. The van der Waals surface area contributed by atoms with Gasteiger partial charge in [0.1, 0.15) is 5.82 Å². The number of carbonyl (C=O) groups is 1. The molecular weight excluding hydrogens is 279 g/mol. The second kappa shape index (κ2) is 7.71. The molecule has 3 nitrogen and oxygen atoms in total. The van der Waals surface area contributed by atoms with Crippen LogP contribution in [0.3, 0.4) is 0 Å². The number of rotatable bonds is 6. The zero-order valence-electron chi connectivity index (χ0n) is 12.9. The molecule has 0 aliphatic heterocycles. The van der Waals surface area contributed by atoms with E-state index in [1.54, 1.807) is 12.1 Å². The molecule has 0 saturated carbocycles. The number of nitrogens with zero attached hydrogens (tertiary/aromatic N) is 1. The minimum absolute atomic E-state index is 0.0199. The fourth-order valence-electron chi connectivity index (χ4n) is 2.15. The Morgan fingerprint density at radius 2 is 1.73 bits per heavy atom. The highest BCUT2D eigenvalue weighted by molar-refractivity contribution is 5.81. The molecule has 0 unspecified atom stereocenters. The van der Waals surface area contributed by atoms with Gasteiger partial charge >= 0.3 is 0 Å². The van der Waals surface area contributed by atoms with Gasteiger partial charge in [-0.15, -0.1) is 0 Å². The van der Waals surface area contributed by atoms with Gasteiger partial charge in [-0.1, -0.05) is 42.5 Å². The molecule has 0 bridgehead atoms. The van der Waals surface area contributed by atoms with Crippen molar-refractivity contribution in [2.24, 2.45) is 0 Å². The Morgan fingerprint density at radius 3 is 2.36 bits per heavy atom. The highest BCUT2D eigenvalue weighted by Gasteiger charge is 2.17. The van der Waals surface area contributed by atoms with E-state index >= 15 is 0 Å². The van der Waals surface area contributed by atoms with Crippen molar-refractivity contribution < 1.29 is 9.18 Å². The van der Waals surface area contributed by atoms with E-state index in [0.717, 1.165) is 11.1 Å².